The van der Waals surface area contributed by atoms with Crippen LogP contribution in [0.2, 0.25) is 5.02 Å². The predicted molar refractivity (Wildman–Crippen MR) is 77.4 cm³/mol. The summed E-state index contributed by atoms with van der Waals surface area (Å²) in [6.45, 7) is 0.451. The van der Waals surface area contributed by atoms with Crippen LogP contribution in [0.25, 0.3) is 0 Å². The van der Waals surface area contributed by atoms with Crippen LogP contribution in [-0.2, 0) is 25.5 Å². The minimum Gasteiger partial charge on any atom is -0.480 e. The molecule has 0 aliphatic carbocycles. The lowest BCUT2D eigenvalue weighted by atomic mass is 10.1. The van der Waals surface area contributed by atoms with E-state index in [0.717, 1.165) is 5.56 Å². The van der Waals surface area contributed by atoms with Crippen LogP contribution >= 0.6 is 11.6 Å². The van der Waals surface area contributed by atoms with Gasteiger partial charge in [-0.25, -0.2) is 4.79 Å². The third-order valence-electron chi connectivity index (χ3n) is 2.65. The third-order valence-corrected chi connectivity index (χ3v) is 2.90. The number of hydrogen-bond acceptors (Lipinski definition) is 4. The molecule has 2 N–H and O–H groups in total. The highest BCUT2D eigenvalue weighted by atomic mass is 35.5. The molecule has 1 amide bonds. The molecule has 0 radical (unpaired) electrons. The summed E-state index contributed by atoms with van der Waals surface area (Å²) in [5.74, 6) is -1.58. The van der Waals surface area contributed by atoms with Gasteiger partial charge in [0.1, 0.15) is 12.6 Å². The Morgan fingerprint density at radius 1 is 1.29 bits per heavy atom. The maximum absolute atomic E-state index is 11.6. The Kier molecular flexibility index (Phi) is 7.74. The molecule has 1 atom stereocenters. The van der Waals surface area contributed by atoms with Gasteiger partial charge < -0.3 is 19.9 Å². The van der Waals surface area contributed by atoms with E-state index in [-0.39, 0.29) is 19.6 Å². The lowest BCUT2D eigenvalue weighted by Crippen LogP contribution is -2.44. The Labute approximate surface area is 128 Å². The number of nitrogens with one attached hydrogen (secondary N) is 1. The highest BCUT2D eigenvalue weighted by Crippen LogP contribution is 2.11. The van der Waals surface area contributed by atoms with E-state index in [0.29, 0.717) is 11.6 Å². The quantitative estimate of drug-likeness (QED) is 0.667. The first kappa shape index (κ1) is 17.4. The van der Waals surface area contributed by atoms with Crippen LogP contribution < -0.4 is 5.32 Å². The fourth-order valence-corrected chi connectivity index (χ4v) is 1.73. The van der Waals surface area contributed by atoms with Gasteiger partial charge >= 0.3 is 5.97 Å². The van der Waals surface area contributed by atoms with Crippen molar-refractivity contribution in [2.24, 2.45) is 0 Å². The molecule has 116 valence electrons. The number of rotatable bonds is 9. The highest BCUT2D eigenvalue weighted by Gasteiger charge is 2.20. The van der Waals surface area contributed by atoms with Gasteiger partial charge in [-0.1, -0.05) is 23.7 Å². The van der Waals surface area contributed by atoms with Gasteiger partial charge in [0.2, 0.25) is 5.91 Å². The van der Waals surface area contributed by atoms with Crippen molar-refractivity contribution in [3.05, 3.63) is 34.9 Å². The second-order valence-electron chi connectivity index (χ2n) is 4.33. The van der Waals surface area contributed by atoms with Gasteiger partial charge in [0, 0.05) is 18.6 Å². The molecule has 0 spiro atoms. The molecule has 0 aromatic heterocycles. The summed E-state index contributed by atoms with van der Waals surface area (Å²) in [7, 11) is 1.52. The number of carbonyl (C=O) groups excluding carboxylic acids is 1. The summed E-state index contributed by atoms with van der Waals surface area (Å²) in [4.78, 5) is 22.8. The number of methoxy groups -OCH3 is 1. The SMILES string of the molecule is COCCOCC(=O)N[C@@H](Cc1ccc(Cl)cc1)C(=O)O. The predicted octanol–water partition coefficient (Wildman–Crippen LogP) is 1.11. The van der Waals surface area contributed by atoms with Crippen molar-refractivity contribution < 1.29 is 24.2 Å². The first-order chi connectivity index (χ1) is 10.0. The molecule has 1 aromatic carbocycles. The standard InChI is InChI=1S/C14H18ClNO5/c1-20-6-7-21-9-13(17)16-12(14(18)19)8-10-2-4-11(15)5-3-10/h2-5,12H,6-9H2,1H3,(H,16,17)(H,18,19)/t12-/m0/s1. The number of halogens is 1. The van der Waals surface area contributed by atoms with Gasteiger partial charge in [0.25, 0.3) is 0 Å². The average Bonchev–Trinajstić information content (AvgIpc) is 2.45. The first-order valence-corrected chi connectivity index (χ1v) is 6.74. The lowest BCUT2D eigenvalue weighted by molar-refractivity contribution is -0.142. The summed E-state index contributed by atoms with van der Waals surface area (Å²) >= 11 is 5.77. The van der Waals surface area contributed by atoms with E-state index in [1.807, 2.05) is 0 Å². The van der Waals surface area contributed by atoms with E-state index < -0.39 is 17.9 Å². The number of amides is 1. The summed E-state index contributed by atoms with van der Waals surface area (Å²) in [5, 5.41) is 12.1. The van der Waals surface area contributed by atoms with Gasteiger partial charge in [-0.15, -0.1) is 0 Å². The molecule has 1 aromatic rings. The molecule has 0 saturated carbocycles. The zero-order valence-corrected chi connectivity index (χ0v) is 12.4. The fourth-order valence-electron chi connectivity index (χ4n) is 1.60. The highest BCUT2D eigenvalue weighted by molar-refractivity contribution is 6.30. The van der Waals surface area contributed by atoms with Crippen molar-refractivity contribution in [1.29, 1.82) is 0 Å². The van der Waals surface area contributed by atoms with Gasteiger partial charge in [0.05, 0.1) is 13.2 Å². The number of aliphatic carboxylic acids is 1. The van der Waals surface area contributed by atoms with E-state index in [9.17, 15) is 9.59 Å². The Morgan fingerprint density at radius 2 is 1.95 bits per heavy atom. The average molecular weight is 316 g/mol. The molecule has 0 saturated heterocycles. The molecule has 21 heavy (non-hydrogen) atoms. The topological polar surface area (TPSA) is 84.9 Å². The molecule has 0 aliphatic heterocycles. The molecule has 0 unspecified atom stereocenters. The molecule has 6 nitrogen and oxygen atoms in total. The smallest absolute Gasteiger partial charge is 0.326 e. The van der Waals surface area contributed by atoms with Crippen LogP contribution in [0.3, 0.4) is 0 Å². The zero-order chi connectivity index (χ0) is 15.7. The number of ether oxygens (including phenoxy) is 2. The number of benzene rings is 1. The van der Waals surface area contributed by atoms with Crippen molar-refractivity contribution >= 4 is 23.5 Å². The second-order valence-corrected chi connectivity index (χ2v) is 4.77. The molecule has 0 bridgehead atoms. The van der Waals surface area contributed by atoms with E-state index in [1.54, 1.807) is 24.3 Å². The monoisotopic (exact) mass is 315 g/mol. The van der Waals surface area contributed by atoms with Crippen molar-refractivity contribution in [2.75, 3.05) is 26.9 Å². The summed E-state index contributed by atoms with van der Waals surface area (Å²) in [5.41, 5.74) is 0.771. The van der Waals surface area contributed by atoms with Crippen LogP contribution in [0.5, 0.6) is 0 Å². The van der Waals surface area contributed by atoms with E-state index in [2.05, 4.69) is 5.32 Å². The number of carboxylic acids is 1. The van der Waals surface area contributed by atoms with Crippen LogP contribution in [0.1, 0.15) is 5.56 Å². The van der Waals surface area contributed by atoms with Crippen LogP contribution in [-0.4, -0.2) is 50.0 Å². The second kappa shape index (κ2) is 9.33. The fraction of sp³-hybridized carbons (Fsp3) is 0.429. The Balaban J connectivity index is 2.48. The number of hydrogen-bond donors (Lipinski definition) is 2. The van der Waals surface area contributed by atoms with Gasteiger partial charge in [-0.2, -0.15) is 0 Å². The minimum absolute atomic E-state index is 0.177. The first-order valence-electron chi connectivity index (χ1n) is 6.36. The van der Waals surface area contributed by atoms with Gasteiger partial charge in [0.15, 0.2) is 0 Å². The lowest BCUT2D eigenvalue weighted by Gasteiger charge is -2.14. The third kappa shape index (κ3) is 7.08. The van der Waals surface area contributed by atoms with Crippen LogP contribution in [0, 0.1) is 0 Å². The van der Waals surface area contributed by atoms with E-state index >= 15 is 0 Å². The van der Waals surface area contributed by atoms with Crippen molar-refractivity contribution in [2.45, 2.75) is 12.5 Å². The van der Waals surface area contributed by atoms with Crippen LogP contribution in [0.15, 0.2) is 24.3 Å². The number of carbonyl (C=O) groups is 2. The van der Waals surface area contributed by atoms with E-state index in [1.165, 1.54) is 7.11 Å². The Hall–Kier alpha value is -1.63. The molecule has 7 heteroatoms. The minimum atomic E-state index is -1.10. The maximum atomic E-state index is 11.6. The molecule has 0 fully saturated rings. The largest absolute Gasteiger partial charge is 0.480 e. The maximum Gasteiger partial charge on any atom is 0.326 e. The van der Waals surface area contributed by atoms with Gasteiger partial charge in [-0.3, -0.25) is 4.79 Å². The van der Waals surface area contributed by atoms with Crippen molar-refractivity contribution in [1.82, 2.24) is 5.32 Å². The van der Waals surface area contributed by atoms with Crippen LogP contribution in [0.4, 0.5) is 0 Å². The van der Waals surface area contributed by atoms with Gasteiger partial charge in [-0.05, 0) is 17.7 Å². The summed E-state index contributed by atoms with van der Waals surface area (Å²) in [6, 6.07) is 5.78. The molecular formula is C14H18ClNO5. The summed E-state index contributed by atoms with van der Waals surface area (Å²) in [6.07, 6.45) is 0.177. The van der Waals surface area contributed by atoms with Crippen molar-refractivity contribution in [3.8, 4) is 0 Å². The summed E-state index contributed by atoms with van der Waals surface area (Å²) < 4.78 is 9.80. The molecule has 1 rings (SSSR count). The van der Waals surface area contributed by atoms with E-state index in [4.69, 9.17) is 26.2 Å². The number of carboxylic acid groups (broad SMARTS) is 1. The Bertz CT molecular complexity index is 463. The molecular weight excluding hydrogens is 298 g/mol. The molecule has 0 aliphatic rings. The zero-order valence-electron chi connectivity index (χ0n) is 11.7. The van der Waals surface area contributed by atoms with Crippen molar-refractivity contribution in [3.63, 3.8) is 0 Å². The molecule has 0 heterocycles. The Morgan fingerprint density at radius 3 is 2.52 bits per heavy atom. The normalized spacial score (nSPS) is 11.9.